The van der Waals surface area contributed by atoms with E-state index in [-0.39, 0.29) is 11.9 Å². The van der Waals surface area contributed by atoms with Crippen molar-refractivity contribution in [2.75, 3.05) is 5.32 Å². The van der Waals surface area contributed by atoms with Crippen LogP contribution in [-0.4, -0.2) is 9.97 Å². The van der Waals surface area contributed by atoms with Gasteiger partial charge in [-0.25, -0.2) is 9.37 Å². The zero-order valence-electron chi connectivity index (χ0n) is 9.49. The molecule has 0 aliphatic carbocycles. The summed E-state index contributed by atoms with van der Waals surface area (Å²) in [6, 6.07) is 4.14. The molecule has 0 radical (unpaired) electrons. The molecule has 1 N–H and O–H groups in total. The van der Waals surface area contributed by atoms with Gasteiger partial charge in [0.25, 0.3) is 0 Å². The molecule has 0 aliphatic heterocycles. The summed E-state index contributed by atoms with van der Waals surface area (Å²) in [6.07, 6.45) is 3.00. The Morgan fingerprint density at radius 2 is 2.06 bits per heavy atom. The van der Waals surface area contributed by atoms with E-state index in [4.69, 9.17) is 23.2 Å². The van der Waals surface area contributed by atoms with Gasteiger partial charge < -0.3 is 5.32 Å². The van der Waals surface area contributed by atoms with E-state index < -0.39 is 0 Å². The van der Waals surface area contributed by atoms with Gasteiger partial charge in [-0.1, -0.05) is 29.3 Å². The third kappa shape index (κ3) is 3.09. The molecule has 2 aromatic rings. The van der Waals surface area contributed by atoms with Crippen molar-refractivity contribution in [1.29, 1.82) is 0 Å². The van der Waals surface area contributed by atoms with E-state index in [9.17, 15) is 4.39 Å². The predicted molar refractivity (Wildman–Crippen MR) is 70.5 cm³/mol. The summed E-state index contributed by atoms with van der Waals surface area (Å²) in [4.78, 5) is 7.98. The number of hydrogen-bond donors (Lipinski definition) is 1. The van der Waals surface area contributed by atoms with Crippen LogP contribution >= 0.6 is 23.2 Å². The number of hydrogen-bond acceptors (Lipinski definition) is 3. The highest BCUT2D eigenvalue weighted by Gasteiger charge is 2.11. The second-order valence-electron chi connectivity index (χ2n) is 3.76. The van der Waals surface area contributed by atoms with Crippen molar-refractivity contribution >= 4 is 29.0 Å². The maximum absolute atomic E-state index is 12.9. The van der Waals surface area contributed by atoms with Crippen LogP contribution in [0.5, 0.6) is 0 Å². The van der Waals surface area contributed by atoms with Gasteiger partial charge in [0.05, 0.1) is 18.4 Å². The Labute approximate surface area is 114 Å². The Balaban J connectivity index is 2.19. The minimum absolute atomic E-state index is 0.133. The number of anilines is 1. The van der Waals surface area contributed by atoms with Crippen molar-refractivity contribution in [2.24, 2.45) is 0 Å². The first-order valence-electron chi connectivity index (χ1n) is 5.25. The molecule has 1 aromatic carbocycles. The second kappa shape index (κ2) is 5.50. The fourth-order valence-electron chi connectivity index (χ4n) is 1.56. The van der Waals surface area contributed by atoms with Crippen LogP contribution in [0, 0.1) is 5.82 Å². The van der Waals surface area contributed by atoms with Crippen molar-refractivity contribution in [1.82, 2.24) is 9.97 Å². The first-order chi connectivity index (χ1) is 8.56. The van der Waals surface area contributed by atoms with Crippen LogP contribution in [0.4, 0.5) is 10.2 Å². The molecule has 3 nitrogen and oxygen atoms in total. The maximum atomic E-state index is 12.9. The number of aromatic nitrogens is 2. The van der Waals surface area contributed by atoms with E-state index in [1.54, 1.807) is 12.3 Å². The zero-order chi connectivity index (χ0) is 13.1. The summed E-state index contributed by atoms with van der Waals surface area (Å²) in [7, 11) is 0. The SMILES string of the molecule is CC(Nc1cncc(Cl)n1)c1ccc(F)cc1Cl. The maximum Gasteiger partial charge on any atom is 0.149 e. The highest BCUT2D eigenvalue weighted by atomic mass is 35.5. The normalized spacial score (nSPS) is 12.2. The molecular formula is C12H10Cl2FN3. The molecule has 18 heavy (non-hydrogen) atoms. The predicted octanol–water partition coefficient (Wildman–Crippen LogP) is 4.10. The Morgan fingerprint density at radius 1 is 1.28 bits per heavy atom. The third-order valence-corrected chi connectivity index (χ3v) is 2.91. The quantitative estimate of drug-likeness (QED) is 0.923. The van der Waals surface area contributed by atoms with Gasteiger partial charge >= 0.3 is 0 Å². The van der Waals surface area contributed by atoms with Gasteiger partial charge in [-0.2, -0.15) is 0 Å². The van der Waals surface area contributed by atoms with E-state index in [0.717, 1.165) is 5.56 Å². The smallest absolute Gasteiger partial charge is 0.149 e. The molecule has 2 rings (SSSR count). The third-order valence-electron chi connectivity index (χ3n) is 2.40. The highest BCUT2D eigenvalue weighted by molar-refractivity contribution is 6.31. The largest absolute Gasteiger partial charge is 0.362 e. The average molecular weight is 286 g/mol. The molecule has 0 fully saturated rings. The zero-order valence-corrected chi connectivity index (χ0v) is 11.0. The summed E-state index contributed by atoms with van der Waals surface area (Å²) in [5.74, 6) is 0.175. The van der Waals surface area contributed by atoms with Gasteiger partial charge in [-0.05, 0) is 24.6 Å². The Bertz CT molecular complexity index is 563. The van der Waals surface area contributed by atoms with E-state index in [1.807, 2.05) is 6.92 Å². The van der Waals surface area contributed by atoms with Crippen LogP contribution in [0.1, 0.15) is 18.5 Å². The highest BCUT2D eigenvalue weighted by Crippen LogP contribution is 2.26. The molecular weight excluding hydrogens is 276 g/mol. The minimum Gasteiger partial charge on any atom is -0.362 e. The van der Waals surface area contributed by atoms with Crippen LogP contribution in [-0.2, 0) is 0 Å². The lowest BCUT2D eigenvalue weighted by molar-refractivity contribution is 0.626. The first kappa shape index (κ1) is 13.1. The Kier molecular flexibility index (Phi) is 3.99. The monoisotopic (exact) mass is 285 g/mol. The van der Waals surface area contributed by atoms with E-state index in [2.05, 4.69) is 15.3 Å². The van der Waals surface area contributed by atoms with Gasteiger partial charge in [-0.15, -0.1) is 0 Å². The second-order valence-corrected chi connectivity index (χ2v) is 4.55. The van der Waals surface area contributed by atoms with Crippen molar-refractivity contribution < 1.29 is 4.39 Å². The standard InChI is InChI=1S/C12H10Cl2FN3/c1-7(9-3-2-8(15)4-10(9)13)17-12-6-16-5-11(14)18-12/h2-7H,1H3,(H,17,18). The van der Waals surface area contributed by atoms with Gasteiger partial charge in [-0.3, -0.25) is 4.98 Å². The van der Waals surface area contributed by atoms with Crippen LogP contribution in [0.3, 0.4) is 0 Å². The molecule has 0 bridgehead atoms. The molecule has 0 saturated heterocycles. The van der Waals surface area contributed by atoms with Crippen LogP contribution < -0.4 is 5.32 Å². The van der Waals surface area contributed by atoms with Gasteiger partial charge in [0, 0.05) is 5.02 Å². The first-order valence-corrected chi connectivity index (χ1v) is 6.01. The van der Waals surface area contributed by atoms with Crippen LogP contribution in [0.15, 0.2) is 30.6 Å². The molecule has 1 heterocycles. The Morgan fingerprint density at radius 3 is 2.72 bits per heavy atom. The summed E-state index contributed by atoms with van der Waals surface area (Å²) in [5.41, 5.74) is 0.778. The van der Waals surface area contributed by atoms with E-state index >= 15 is 0 Å². The molecule has 1 aromatic heterocycles. The number of benzene rings is 1. The van der Waals surface area contributed by atoms with Crippen molar-refractivity contribution in [3.63, 3.8) is 0 Å². The fourth-order valence-corrected chi connectivity index (χ4v) is 2.04. The summed E-state index contributed by atoms with van der Waals surface area (Å²) in [6.45, 7) is 1.89. The lowest BCUT2D eigenvalue weighted by atomic mass is 10.1. The van der Waals surface area contributed by atoms with Crippen molar-refractivity contribution in [3.05, 3.63) is 52.1 Å². The number of halogens is 3. The number of nitrogens with zero attached hydrogens (tertiary/aromatic N) is 2. The summed E-state index contributed by atoms with van der Waals surface area (Å²) >= 11 is 11.7. The van der Waals surface area contributed by atoms with E-state index in [0.29, 0.717) is 16.0 Å². The van der Waals surface area contributed by atoms with Crippen molar-refractivity contribution in [2.45, 2.75) is 13.0 Å². The van der Waals surface area contributed by atoms with Crippen LogP contribution in [0.2, 0.25) is 10.2 Å². The molecule has 0 saturated carbocycles. The molecule has 1 unspecified atom stereocenters. The minimum atomic E-state index is -0.363. The fraction of sp³-hybridized carbons (Fsp3) is 0.167. The molecule has 94 valence electrons. The lowest BCUT2D eigenvalue weighted by Crippen LogP contribution is -2.09. The van der Waals surface area contributed by atoms with Crippen LogP contribution in [0.25, 0.3) is 0 Å². The van der Waals surface area contributed by atoms with E-state index in [1.165, 1.54) is 18.3 Å². The molecule has 6 heteroatoms. The number of nitrogens with one attached hydrogen (secondary N) is 1. The molecule has 0 spiro atoms. The average Bonchev–Trinajstić information content (AvgIpc) is 2.28. The van der Waals surface area contributed by atoms with Gasteiger partial charge in [0.1, 0.15) is 16.8 Å². The summed E-state index contributed by atoms with van der Waals surface area (Å²) < 4.78 is 12.9. The van der Waals surface area contributed by atoms with Gasteiger partial charge in [0.2, 0.25) is 0 Å². The summed E-state index contributed by atoms with van der Waals surface area (Å²) in [5, 5.41) is 3.76. The number of rotatable bonds is 3. The molecule has 1 atom stereocenters. The lowest BCUT2D eigenvalue weighted by Gasteiger charge is -2.16. The van der Waals surface area contributed by atoms with Gasteiger partial charge in [0.15, 0.2) is 0 Å². The van der Waals surface area contributed by atoms with Crippen molar-refractivity contribution in [3.8, 4) is 0 Å². The topological polar surface area (TPSA) is 37.8 Å². The molecule has 0 aliphatic rings. The molecule has 0 amide bonds. The Hall–Kier alpha value is -1.39.